The van der Waals surface area contributed by atoms with Crippen LogP contribution in [0.15, 0.2) is 12.4 Å². The van der Waals surface area contributed by atoms with Crippen LogP contribution in [-0.2, 0) is 13.1 Å². The molecule has 8 heteroatoms. The van der Waals surface area contributed by atoms with E-state index in [1.54, 1.807) is 7.05 Å². The summed E-state index contributed by atoms with van der Waals surface area (Å²) in [6.45, 7) is 11.9. The third-order valence-corrected chi connectivity index (χ3v) is 5.12. The molecule has 152 valence electrons. The first-order chi connectivity index (χ1) is 13.4. The smallest absolute Gasteiger partial charge is 0.288 e. The van der Waals surface area contributed by atoms with Crippen molar-refractivity contribution in [2.45, 2.75) is 53.2 Å². The van der Waals surface area contributed by atoms with Gasteiger partial charge in [-0.1, -0.05) is 13.8 Å². The molecule has 8 nitrogen and oxygen atoms in total. The molecule has 0 spiro atoms. The molecule has 0 saturated carbocycles. The normalized spacial score (nSPS) is 16.8. The van der Waals surface area contributed by atoms with Gasteiger partial charge in [-0.2, -0.15) is 5.10 Å². The van der Waals surface area contributed by atoms with Crippen LogP contribution < -0.4 is 15.5 Å². The average Bonchev–Trinajstić information content (AvgIpc) is 3.30. The van der Waals surface area contributed by atoms with Crippen LogP contribution in [0.25, 0.3) is 0 Å². The van der Waals surface area contributed by atoms with Crippen molar-refractivity contribution in [3.63, 3.8) is 0 Å². The summed E-state index contributed by atoms with van der Waals surface area (Å²) in [4.78, 5) is 23.1. The van der Waals surface area contributed by atoms with E-state index in [2.05, 4.69) is 50.6 Å². The van der Waals surface area contributed by atoms with E-state index in [0.717, 1.165) is 49.7 Å². The van der Waals surface area contributed by atoms with E-state index in [9.17, 15) is 4.79 Å². The topological polar surface area (TPSA) is 88.0 Å². The largest absolute Gasteiger partial charge is 0.355 e. The Morgan fingerprint density at radius 3 is 2.82 bits per heavy atom. The summed E-state index contributed by atoms with van der Waals surface area (Å²) in [5, 5.41) is 10.7. The summed E-state index contributed by atoms with van der Waals surface area (Å²) in [6, 6.07) is 0.381. The molecule has 0 unspecified atom stereocenters. The SMILES string of the molecule is CNC(=O)c1nc(C)c(C)c(N2CC[C@@H](NCc3cnn(CC(C)C)c3)C2)n1. The molecule has 3 rings (SSSR count). The number of rotatable bonds is 7. The lowest BCUT2D eigenvalue weighted by Gasteiger charge is -2.21. The van der Waals surface area contributed by atoms with E-state index < -0.39 is 0 Å². The van der Waals surface area contributed by atoms with Gasteiger partial charge in [-0.05, 0) is 26.2 Å². The first-order valence-electron chi connectivity index (χ1n) is 9.94. The number of anilines is 1. The van der Waals surface area contributed by atoms with E-state index in [0.29, 0.717) is 12.0 Å². The molecule has 1 atom stereocenters. The monoisotopic (exact) mass is 385 g/mol. The van der Waals surface area contributed by atoms with Gasteiger partial charge in [-0.25, -0.2) is 9.97 Å². The zero-order valence-corrected chi connectivity index (χ0v) is 17.5. The molecular weight excluding hydrogens is 354 g/mol. The summed E-state index contributed by atoms with van der Waals surface area (Å²) in [7, 11) is 1.60. The third-order valence-electron chi connectivity index (χ3n) is 5.12. The summed E-state index contributed by atoms with van der Waals surface area (Å²) in [5.74, 6) is 1.43. The number of hydrogen-bond donors (Lipinski definition) is 2. The first-order valence-corrected chi connectivity index (χ1v) is 9.94. The lowest BCUT2D eigenvalue weighted by atomic mass is 10.2. The third kappa shape index (κ3) is 4.67. The molecule has 1 aliphatic rings. The minimum atomic E-state index is -0.253. The van der Waals surface area contributed by atoms with Gasteiger partial charge in [0.05, 0.1) is 6.20 Å². The molecule has 0 bridgehead atoms. The second-order valence-electron chi connectivity index (χ2n) is 7.94. The average molecular weight is 386 g/mol. The maximum Gasteiger partial charge on any atom is 0.288 e. The Hall–Kier alpha value is -2.48. The summed E-state index contributed by atoms with van der Waals surface area (Å²) < 4.78 is 2.01. The number of aromatic nitrogens is 4. The fourth-order valence-corrected chi connectivity index (χ4v) is 3.49. The Morgan fingerprint density at radius 1 is 1.32 bits per heavy atom. The molecule has 1 saturated heterocycles. The second-order valence-corrected chi connectivity index (χ2v) is 7.94. The van der Waals surface area contributed by atoms with Gasteiger partial charge in [0.25, 0.3) is 5.91 Å². The van der Waals surface area contributed by atoms with Crippen molar-refractivity contribution < 1.29 is 4.79 Å². The number of amides is 1. The van der Waals surface area contributed by atoms with Crippen LogP contribution in [0.4, 0.5) is 5.82 Å². The number of carbonyl (C=O) groups excluding carboxylic acids is 1. The summed E-state index contributed by atoms with van der Waals surface area (Å²) >= 11 is 0. The van der Waals surface area contributed by atoms with Gasteiger partial charge in [0, 0.05) is 62.3 Å². The standard InChI is InChI=1S/C20H31N7O/c1-13(2)10-27-11-16(9-23-27)8-22-17-6-7-26(12-17)19-14(3)15(4)24-18(25-19)20(28)21-5/h9,11,13,17,22H,6-8,10,12H2,1-5H3,(H,21,28)/t17-/m1/s1. The zero-order chi connectivity index (χ0) is 20.3. The highest BCUT2D eigenvalue weighted by atomic mass is 16.2. The van der Waals surface area contributed by atoms with E-state index in [1.165, 1.54) is 5.56 Å². The van der Waals surface area contributed by atoms with Crippen LogP contribution in [0.3, 0.4) is 0 Å². The van der Waals surface area contributed by atoms with Crippen molar-refractivity contribution in [3.05, 3.63) is 35.0 Å². The van der Waals surface area contributed by atoms with Crippen LogP contribution in [0, 0.1) is 19.8 Å². The van der Waals surface area contributed by atoms with Crippen molar-refractivity contribution in [2.24, 2.45) is 5.92 Å². The highest BCUT2D eigenvalue weighted by molar-refractivity contribution is 5.90. The molecule has 3 heterocycles. The van der Waals surface area contributed by atoms with E-state index >= 15 is 0 Å². The Morgan fingerprint density at radius 2 is 2.11 bits per heavy atom. The predicted molar refractivity (Wildman–Crippen MR) is 109 cm³/mol. The van der Waals surface area contributed by atoms with Crippen molar-refractivity contribution in [1.29, 1.82) is 0 Å². The molecule has 1 fully saturated rings. The quantitative estimate of drug-likeness (QED) is 0.754. The summed E-state index contributed by atoms with van der Waals surface area (Å²) in [5.41, 5.74) is 3.08. The molecule has 2 N–H and O–H groups in total. The molecule has 0 aromatic carbocycles. The van der Waals surface area contributed by atoms with Crippen molar-refractivity contribution >= 4 is 11.7 Å². The molecule has 2 aromatic heterocycles. The Balaban J connectivity index is 1.61. The maximum absolute atomic E-state index is 12.0. The Bertz CT molecular complexity index is 830. The van der Waals surface area contributed by atoms with Gasteiger partial charge in [-0.3, -0.25) is 9.48 Å². The van der Waals surface area contributed by atoms with Gasteiger partial charge in [0.1, 0.15) is 5.82 Å². The second kappa shape index (κ2) is 8.68. The lowest BCUT2D eigenvalue weighted by Crippen LogP contribution is -2.33. The van der Waals surface area contributed by atoms with Gasteiger partial charge >= 0.3 is 0 Å². The van der Waals surface area contributed by atoms with Crippen molar-refractivity contribution in [1.82, 2.24) is 30.4 Å². The fourth-order valence-electron chi connectivity index (χ4n) is 3.49. The number of carbonyl (C=O) groups is 1. The minimum absolute atomic E-state index is 0.231. The Kier molecular flexibility index (Phi) is 6.28. The molecule has 28 heavy (non-hydrogen) atoms. The van der Waals surface area contributed by atoms with Crippen LogP contribution in [0.5, 0.6) is 0 Å². The highest BCUT2D eigenvalue weighted by Gasteiger charge is 2.26. The van der Waals surface area contributed by atoms with Crippen LogP contribution in [-0.4, -0.2) is 51.8 Å². The molecule has 0 aliphatic carbocycles. The van der Waals surface area contributed by atoms with Crippen molar-refractivity contribution in [3.8, 4) is 0 Å². The van der Waals surface area contributed by atoms with Crippen LogP contribution >= 0.6 is 0 Å². The Labute approximate surface area is 166 Å². The van der Waals surface area contributed by atoms with Gasteiger partial charge in [0.2, 0.25) is 5.82 Å². The zero-order valence-electron chi connectivity index (χ0n) is 17.5. The van der Waals surface area contributed by atoms with Crippen LogP contribution in [0.2, 0.25) is 0 Å². The number of aryl methyl sites for hydroxylation is 1. The predicted octanol–water partition coefficient (Wildman–Crippen LogP) is 1.67. The highest BCUT2D eigenvalue weighted by Crippen LogP contribution is 2.24. The molecule has 1 aliphatic heterocycles. The molecule has 1 amide bonds. The van der Waals surface area contributed by atoms with Gasteiger partial charge < -0.3 is 15.5 Å². The fraction of sp³-hybridized carbons (Fsp3) is 0.600. The molecule has 0 radical (unpaired) electrons. The van der Waals surface area contributed by atoms with Gasteiger partial charge in [-0.15, -0.1) is 0 Å². The molecular formula is C20H31N7O. The number of nitrogens with zero attached hydrogens (tertiary/aromatic N) is 5. The van der Waals surface area contributed by atoms with E-state index in [1.807, 2.05) is 24.7 Å². The molecule has 2 aromatic rings. The minimum Gasteiger partial charge on any atom is -0.355 e. The van der Waals surface area contributed by atoms with Crippen LogP contribution in [0.1, 0.15) is 47.7 Å². The maximum atomic E-state index is 12.0. The number of hydrogen-bond acceptors (Lipinski definition) is 6. The number of nitrogens with one attached hydrogen (secondary N) is 2. The lowest BCUT2D eigenvalue weighted by molar-refractivity contribution is 0.0952. The van der Waals surface area contributed by atoms with E-state index in [-0.39, 0.29) is 11.7 Å². The van der Waals surface area contributed by atoms with Gasteiger partial charge in [0.15, 0.2) is 0 Å². The summed E-state index contributed by atoms with van der Waals surface area (Å²) in [6.07, 6.45) is 5.10. The van der Waals surface area contributed by atoms with Crippen molar-refractivity contribution in [2.75, 3.05) is 25.0 Å². The van der Waals surface area contributed by atoms with E-state index in [4.69, 9.17) is 0 Å². The first kappa shape index (κ1) is 20.3.